The number of carbonyl (C=O) groups excluding carboxylic acids is 2. The van der Waals surface area contributed by atoms with Gasteiger partial charge in [0, 0.05) is 18.8 Å². The normalized spacial score (nSPS) is 18.9. The summed E-state index contributed by atoms with van der Waals surface area (Å²) in [6, 6.07) is 24.8. The molecule has 1 N–H and O–H groups in total. The molecule has 0 unspecified atom stereocenters. The maximum Gasteiger partial charge on any atom is 0.247 e. The Morgan fingerprint density at radius 2 is 1.51 bits per heavy atom. The highest BCUT2D eigenvalue weighted by atomic mass is 32.2. The fraction of sp³-hybridized carbons (Fsp3) is 0.259. The molecule has 3 aromatic rings. The summed E-state index contributed by atoms with van der Waals surface area (Å²) in [5.74, 6) is -0.889. The van der Waals surface area contributed by atoms with E-state index in [4.69, 9.17) is 0 Å². The van der Waals surface area contributed by atoms with Gasteiger partial charge in [0.1, 0.15) is 5.54 Å². The fourth-order valence-corrected chi connectivity index (χ4v) is 5.83. The summed E-state index contributed by atoms with van der Waals surface area (Å²) >= 11 is 0. The minimum Gasteiger partial charge on any atom is -0.350 e. The summed E-state index contributed by atoms with van der Waals surface area (Å²) in [6.07, 6.45) is 0.839. The molecule has 1 saturated heterocycles. The Hall–Kier alpha value is -3.49. The molecule has 1 aliphatic heterocycles. The van der Waals surface area contributed by atoms with Crippen molar-refractivity contribution in [3.05, 3.63) is 96.1 Å². The molecule has 7 nitrogen and oxygen atoms in total. The van der Waals surface area contributed by atoms with Gasteiger partial charge in [-0.3, -0.25) is 14.5 Å². The number of aryl methyl sites for hydroxylation is 1. The molecular weight excluding hydrogens is 462 g/mol. The Bertz CT molecular complexity index is 1300. The van der Waals surface area contributed by atoms with E-state index >= 15 is 0 Å². The molecule has 3 aromatic carbocycles. The molecule has 0 radical (unpaired) electrons. The monoisotopic (exact) mass is 491 g/mol. The van der Waals surface area contributed by atoms with Crippen LogP contribution in [0.3, 0.4) is 0 Å². The van der Waals surface area contributed by atoms with E-state index in [1.165, 1.54) is 17.0 Å². The lowest BCUT2D eigenvalue weighted by Crippen LogP contribution is -2.70. The summed E-state index contributed by atoms with van der Waals surface area (Å²) in [6.45, 7) is 3.39. The average molecular weight is 492 g/mol. The van der Waals surface area contributed by atoms with Gasteiger partial charge < -0.3 is 5.32 Å². The lowest BCUT2D eigenvalue weighted by atomic mass is 9.94. The first-order valence-corrected chi connectivity index (χ1v) is 13.0. The number of carbonyl (C=O) groups is 2. The Kier molecular flexibility index (Phi) is 7.05. The van der Waals surface area contributed by atoms with E-state index in [0.717, 1.165) is 21.9 Å². The van der Waals surface area contributed by atoms with Crippen LogP contribution in [0.5, 0.6) is 0 Å². The Morgan fingerprint density at radius 1 is 0.914 bits per heavy atom. The molecule has 182 valence electrons. The largest absolute Gasteiger partial charge is 0.350 e. The number of sulfonamides is 1. The molecule has 0 aromatic heterocycles. The van der Waals surface area contributed by atoms with Crippen molar-refractivity contribution in [2.75, 3.05) is 18.0 Å². The predicted octanol–water partition coefficient (Wildman–Crippen LogP) is 3.36. The van der Waals surface area contributed by atoms with Crippen LogP contribution in [0.4, 0.5) is 5.69 Å². The van der Waals surface area contributed by atoms with E-state index in [-0.39, 0.29) is 24.5 Å². The van der Waals surface area contributed by atoms with Crippen molar-refractivity contribution in [2.24, 2.45) is 0 Å². The highest BCUT2D eigenvalue weighted by Gasteiger charge is 2.51. The summed E-state index contributed by atoms with van der Waals surface area (Å²) in [5, 5.41) is 2.91. The smallest absolute Gasteiger partial charge is 0.247 e. The summed E-state index contributed by atoms with van der Waals surface area (Å²) < 4.78 is 27.8. The Balaban J connectivity index is 1.70. The van der Waals surface area contributed by atoms with Crippen LogP contribution in [0.25, 0.3) is 0 Å². The highest BCUT2D eigenvalue weighted by Crippen LogP contribution is 2.32. The standard InChI is InChI=1S/C27H29N3O4S/c1-3-21-14-16-23(17-15-21)30-25(31)19-29(35(33,34)24-12-8-5-9-13-24)20-27(30,2)26(32)28-18-22-10-6-4-7-11-22/h4-17H,3,18-20H2,1-2H3,(H,28,32)/t27-/m0/s1. The molecule has 35 heavy (non-hydrogen) atoms. The minimum atomic E-state index is -3.98. The molecule has 0 aliphatic carbocycles. The van der Waals surface area contributed by atoms with Gasteiger partial charge in [0.25, 0.3) is 0 Å². The second-order valence-electron chi connectivity index (χ2n) is 8.78. The van der Waals surface area contributed by atoms with Gasteiger partial charge in [0.05, 0.1) is 11.4 Å². The Labute approximate surface area is 206 Å². The fourth-order valence-electron chi connectivity index (χ4n) is 4.33. The van der Waals surface area contributed by atoms with Crippen LogP contribution in [0.2, 0.25) is 0 Å². The van der Waals surface area contributed by atoms with Crippen LogP contribution < -0.4 is 10.2 Å². The number of benzene rings is 3. The topological polar surface area (TPSA) is 86.8 Å². The van der Waals surface area contributed by atoms with Crippen molar-refractivity contribution >= 4 is 27.5 Å². The zero-order valence-corrected chi connectivity index (χ0v) is 20.7. The highest BCUT2D eigenvalue weighted by molar-refractivity contribution is 7.89. The van der Waals surface area contributed by atoms with Crippen molar-refractivity contribution in [3.63, 3.8) is 0 Å². The minimum absolute atomic E-state index is 0.0839. The van der Waals surface area contributed by atoms with Crippen LogP contribution in [-0.2, 0) is 32.6 Å². The van der Waals surface area contributed by atoms with Crippen LogP contribution in [0, 0.1) is 0 Å². The molecule has 4 rings (SSSR count). The van der Waals surface area contributed by atoms with Gasteiger partial charge in [-0.2, -0.15) is 4.31 Å². The average Bonchev–Trinajstić information content (AvgIpc) is 2.88. The third-order valence-corrected chi connectivity index (χ3v) is 8.11. The molecule has 1 heterocycles. The van der Waals surface area contributed by atoms with Gasteiger partial charge in [-0.05, 0) is 48.7 Å². The number of piperazine rings is 1. The molecule has 1 aliphatic rings. The number of hydrogen-bond acceptors (Lipinski definition) is 4. The van der Waals surface area contributed by atoms with Crippen LogP contribution in [0.15, 0.2) is 89.8 Å². The summed E-state index contributed by atoms with van der Waals surface area (Å²) in [7, 11) is -3.98. The Morgan fingerprint density at radius 3 is 2.11 bits per heavy atom. The van der Waals surface area contributed by atoms with E-state index in [2.05, 4.69) is 5.32 Å². The zero-order valence-electron chi connectivity index (χ0n) is 19.8. The van der Waals surface area contributed by atoms with Gasteiger partial charge in [-0.25, -0.2) is 8.42 Å². The van der Waals surface area contributed by atoms with Crippen molar-refractivity contribution in [1.29, 1.82) is 0 Å². The molecule has 1 fully saturated rings. The van der Waals surface area contributed by atoms with Crippen molar-refractivity contribution in [2.45, 2.75) is 37.2 Å². The first-order chi connectivity index (χ1) is 16.8. The molecule has 0 bridgehead atoms. The van der Waals surface area contributed by atoms with Crippen molar-refractivity contribution < 1.29 is 18.0 Å². The second kappa shape index (κ2) is 10.0. The van der Waals surface area contributed by atoms with E-state index in [1.54, 1.807) is 37.3 Å². The van der Waals surface area contributed by atoms with Crippen LogP contribution >= 0.6 is 0 Å². The number of nitrogens with one attached hydrogen (secondary N) is 1. The van der Waals surface area contributed by atoms with E-state index in [1.807, 2.05) is 49.4 Å². The van der Waals surface area contributed by atoms with Gasteiger partial charge >= 0.3 is 0 Å². The predicted molar refractivity (Wildman–Crippen MR) is 135 cm³/mol. The third-order valence-electron chi connectivity index (χ3n) is 6.31. The second-order valence-corrected chi connectivity index (χ2v) is 10.7. The SMILES string of the molecule is CCc1ccc(N2C(=O)CN(S(=O)(=O)c3ccccc3)C[C@@]2(C)C(=O)NCc2ccccc2)cc1. The molecule has 0 saturated carbocycles. The lowest BCUT2D eigenvalue weighted by molar-refractivity contribution is -0.133. The van der Waals surface area contributed by atoms with Crippen molar-refractivity contribution in [3.8, 4) is 0 Å². The first kappa shape index (κ1) is 24.6. The van der Waals surface area contributed by atoms with Gasteiger partial charge in [0.2, 0.25) is 21.8 Å². The number of amides is 2. The maximum atomic E-state index is 13.6. The van der Waals surface area contributed by atoms with E-state index in [0.29, 0.717) is 5.69 Å². The van der Waals surface area contributed by atoms with E-state index in [9.17, 15) is 18.0 Å². The molecule has 0 spiro atoms. The quantitative estimate of drug-likeness (QED) is 0.549. The summed E-state index contributed by atoms with van der Waals surface area (Å²) in [5.41, 5.74) is 1.10. The van der Waals surface area contributed by atoms with Crippen molar-refractivity contribution in [1.82, 2.24) is 9.62 Å². The van der Waals surface area contributed by atoms with Gasteiger partial charge in [-0.15, -0.1) is 0 Å². The summed E-state index contributed by atoms with van der Waals surface area (Å²) in [4.78, 5) is 28.6. The number of hydrogen-bond donors (Lipinski definition) is 1. The first-order valence-electron chi connectivity index (χ1n) is 11.5. The van der Waals surface area contributed by atoms with Crippen LogP contribution in [0.1, 0.15) is 25.0 Å². The number of nitrogens with zero attached hydrogens (tertiary/aromatic N) is 2. The number of anilines is 1. The maximum absolute atomic E-state index is 13.6. The molecular formula is C27H29N3O4S. The molecule has 8 heteroatoms. The van der Waals surface area contributed by atoms with Crippen LogP contribution in [-0.4, -0.2) is 43.2 Å². The zero-order chi connectivity index (χ0) is 25.1. The van der Waals surface area contributed by atoms with E-state index < -0.39 is 27.4 Å². The molecule has 2 amide bonds. The third kappa shape index (κ3) is 4.99. The lowest BCUT2D eigenvalue weighted by Gasteiger charge is -2.46. The van der Waals surface area contributed by atoms with Gasteiger partial charge in [0.15, 0.2) is 0 Å². The molecule has 1 atom stereocenters. The van der Waals surface area contributed by atoms with Gasteiger partial charge in [-0.1, -0.05) is 67.6 Å². The number of rotatable bonds is 7.